The van der Waals surface area contributed by atoms with Crippen LogP contribution in [0.15, 0.2) is 12.7 Å². The molecule has 18 heavy (non-hydrogen) atoms. The van der Waals surface area contributed by atoms with E-state index in [4.69, 9.17) is 10.5 Å². The number of rotatable bonds is 4. The van der Waals surface area contributed by atoms with Gasteiger partial charge in [0.25, 0.3) is 0 Å². The molecule has 2 aromatic heterocycles. The third kappa shape index (κ3) is 2.15. The van der Waals surface area contributed by atoms with Gasteiger partial charge in [-0.15, -0.1) is 0 Å². The molecule has 6 heteroatoms. The van der Waals surface area contributed by atoms with Gasteiger partial charge < -0.3 is 15.0 Å². The van der Waals surface area contributed by atoms with E-state index in [9.17, 15) is 0 Å². The number of nitrogen functional groups attached to an aromatic ring is 1. The largest absolute Gasteiger partial charge is 0.382 e. The van der Waals surface area contributed by atoms with Gasteiger partial charge in [0, 0.05) is 13.2 Å². The molecule has 96 valence electrons. The average Bonchev–Trinajstić information content (AvgIpc) is 3.00. The highest BCUT2D eigenvalue weighted by atomic mass is 16.5. The molecule has 0 saturated carbocycles. The van der Waals surface area contributed by atoms with Crippen molar-refractivity contribution < 1.29 is 4.74 Å². The van der Waals surface area contributed by atoms with E-state index >= 15 is 0 Å². The summed E-state index contributed by atoms with van der Waals surface area (Å²) in [6.45, 7) is 1.81. The highest BCUT2D eigenvalue weighted by molar-refractivity contribution is 5.80. The second-order valence-corrected chi connectivity index (χ2v) is 4.65. The topological polar surface area (TPSA) is 78.9 Å². The summed E-state index contributed by atoms with van der Waals surface area (Å²) in [5.41, 5.74) is 7.25. The number of nitrogens with two attached hydrogens (primary N) is 1. The number of fused-ring (bicyclic) bond motifs is 1. The van der Waals surface area contributed by atoms with Crippen LogP contribution in [0.1, 0.15) is 25.7 Å². The fraction of sp³-hybridized carbons (Fsp3) is 0.583. The summed E-state index contributed by atoms with van der Waals surface area (Å²) in [5.74, 6) is 0.442. The number of imidazole rings is 1. The molecular weight excluding hydrogens is 230 g/mol. The van der Waals surface area contributed by atoms with Crippen LogP contribution in [-0.2, 0) is 11.3 Å². The minimum atomic E-state index is 0.442. The lowest BCUT2D eigenvalue weighted by molar-refractivity contribution is 0.101. The maximum atomic E-state index is 5.75. The third-order valence-corrected chi connectivity index (χ3v) is 3.38. The van der Waals surface area contributed by atoms with Gasteiger partial charge in [-0.1, -0.05) is 0 Å². The molecule has 3 heterocycles. The van der Waals surface area contributed by atoms with E-state index in [1.165, 1.54) is 19.2 Å². The van der Waals surface area contributed by atoms with Crippen molar-refractivity contribution in [2.45, 2.75) is 38.3 Å². The van der Waals surface area contributed by atoms with E-state index in [2.05, 4.69) is 15.0 Å². The first-order chi connectivity index (χ1) is 8.84. The first-order valence-corrected chi connectivity index (χ1v) is 6.37. The monoisotopic (exact) mass is 247 g/mol. The lowest BCUT2D eigenvalue weighted by Crippen LogP contribution is -2.07. The van der Waals surface area contributed by atoms with Crippen molar-refractivity contribution in [1.82, 2.24) is 19.5 Å². The second kappa shape index (κ2) is 4.89. The standard InChI is InChI=1S/C12H17N5O/c13-11-10-12(15-7-14-11)17(8-16-10)5-1-3-9-4-2-6-18-9/h7-9H,1-6H2,(H2,13,14,15). The van der Waals surface area contributed by atoms with Gasteiger partial charge in [0.1, 0.15) is 11.8 Å². The van der Waals surface area contributed by atoms with Crippen LogP contribution in [-0.4, -0.2) is 32.2 Å². The van der Waals surface area contributed by atoms with Crippen molar-refractivity contribution in [3.63, 3.8) is 0 Å². The maximum Gasteiger partial charge on any atom is 0.165 e. The first-order valence-electron chi connectivity index (χ1n) is 6.37. The molecule has 1 fully saturated rings. The van der Waals surface area contributed by atoms with Crippen LogP contribution in [0.4, 0.5) is 5.82 Å². The summed E-state index contributed by atoms with van der Waals surface area (Å²) in [7, 11) is 0. The molecule has 1 unspecified atom stereocenters. The zero-order chi connectivity index (χ0) is 12.4. The van der Waals surface area contributed by atoms with Crippen LogP contribution >= 0.6 is 0 Å². The SMILES string of the molecule is Nc1ncnc2c1ncn2CCCC1CCCO1. The Kier molecular flexibility index (Phi) is 3.10. The lowest BCUT2D eigenvalue weighted by atomic mass is 10.1. The lowest BCUT2D eigenvalue weighted by Gasteiger charge is -2.09. The van der Waals surface area contributed by atoms with Crippen LogP contribution in [0.25, 0.3) is 11.2 Å². The van der Waals surface area contributed by atoms with E-state index in [-0.39, 0.29) is 0 Å². The normalized spacial score (nSPS) is 19.7. The number of nitrogens with zero attached hydrogens (tertiary/aromatic N) is 4. The average molecular weight is 247 g/mol. The molecule has 6 nitrogen and oxygen atoms in total. The summed E-state index contributed by atoms with van der Waals surface area (Å²) in [6.07, 6.45) is 8.27. The van der Waals surface area contributed by atoms with Gasteiger partial charge in [-0.25, -0.2) is 15.0 Å². The van der Waals surface area contributed by atoms with Gasteiger partial charge >= 0.3 is 0 Å². The van der Waals surface area contributed by atoms with E-state index in [1.807, 2.05) is 4.57 Å². The fourth-order valence-corrected chi connectivity index (χ4v) is 2.42. The van der Waals surface area contributed by atoms with Crippen LogP contribution < -0.4 is 5.73 Å². The van der Waals surface area contributed by atoms with Crippen molar-refractivity contribution in [3.05, 3.63) is 12.7 Å². The fourth-order valence-electron chi connectivity index (χ4n) is 2.42. The van der Waals surface area contributed by atoms with Crippen molar-refractivity contribution in [2.24, 2.45) is 0 Å². The minimum absolute atomic E-state index is 0.442. The number of anilines is 1. The van der Waals surface area contributed by atoms with E-state index in [0.717, 1.165) is 31.6 Å². The summed E-state index contributed by atoms with van der Waals surface area (Å²) < 4.78 is 7.64. The Morgan fingerprint density at radius 2 is 2.33 bits per heavy atom. The Morgan fingerprint density at radius 1 is 1.39 bits per heavy atom. The molecule has 1 aliphatic heterocycles. The molecular formula is C12H17N5O. The molecule has 0 amide bonds. The van der Waals surface area contributed by atoms with Crippen molar-refractivity contribution in [3.8, 4) is 0 Å². The Morgan fingerprint density at radius 3 is 3.17 bits per heavy atom. The van der Waals surface area contributed by atoms with Crippen LogP contribution in [0, 0.1) is 0 Å². The first kappa shape index (κ1) is 11.4. The molecule has 1 saturated heterocycles. The van der Waals surface area contributed by atoms with Crippen molar-refractivity contribution >= 4 is 17.0 Å². The Labute approximate surface area is 105 Å². The van der Waals surface area contributed by atoms with E-state index in [0.29, 0.717) is 17.4 Å². The molecule has 1 atom stereocenters. The molecule has 2 N–H and O–H groups in total. The predicted octanol–water partition coefficient (Wildman–Crippen LogP) is 1.37. The number of hydrogen-bond acceptors (Lipinski definition) is 5. The second-order valence-electron chi connectivity index (χ2n) is 4.65. The molecule has 3 rings (SSSR count). The summed E-state index contributed by atoms with van der Waals surface area (Å²) in [4.78, 5) is 12.4. The predicted molar refractivity (Wildman–Crippen MR) is 67.9 cm³/mol. The quantitative estimate of drug-likeness (QED) is 0.882. The number of hydrogen-bond donors (Lipinski definition) is 1. The van der Waals surface area contributed by atoms with Gasteiger partial charge in [0.15, 0.2) is 11.5 Å². The number of aromatic nitrogens is 4. The summed E-state index contributed by atoms with van der Waals surface area (Å²) in [6, 6.07) is 0. The van der Waals surface area contributed by atoms with Gasteiger partial charge in [-0.3, -0.25) is 0 Å². The molecule has 0 radical (unpaired) electrons. The van der Waals surface area contributed by atoms with Crippen molar-refractivity contribution in [1.29, 1.82) is 0 Å². The smallest absolute Gasteiger partial charge is 0.165 e. The molecule has 0 bridgehead atoms. The minimum Gasteiger partial charge on any atom is -0.382 e. The van der Waals surface area contributed by atoms with E-state index in [1.54, 1.807) is 6.33 Å². The molecule has 2 aromatic rings. The highest BCUT2D eigenvalue weighted by Gasteiger charge is 2.15. The van der Waals surface area contributed by atoms with Gasteiger partial charge in [0.2, 0.25) is 0 Å². The zero-order valence-electron chi connectivity index (χ0n) is 10.2. The Hall–Kier alpha value is -1.69. The Bertz CT molecular complexity index is 532. The molecule has 1 aliphatic rings. The zero-order valence-corrected chi connectivity index (χ0v) is 10.2. The highest BCUT2D eigenvalue weighted by Crippen LogP contribution is 2.19. The molecule has 0 spiro atoms. The van der Waals surface area contributed by atoms with Gasteiger partial charge in [0.05, 0.1) is 12.4 Å². The third-order valence-electron chi connectivity index (χ3n) is 3.38. The van der Waals surface area contributed by atoms with Crippen LogP contribution in [0.2, 0.25) is 0 Å². The number of ether oxygens (including phenoxy) is 1. The van der Waals surface area contributed by atoms with Gasteiger partial charge in [-0.05, 0) is 25.7 Å². The van der Waals surface area contributed by atoms with Crippen LogP contribution in [0.5, 0.6) is 0 Å². The summed E-state index contributed by atoms with van der Waals surface area (Å²) in [5, 5.41) is 0. The van der Waals surface area contributed by atoms with Crippen LogP contribution in [0.3, 0.4) is 0 Å². The molecule has 0 aromatic carbocycles. The van der Waals surface area contributed by atoms with E-state index < -0.39 is 0 Å². The number of aryl methyl sites for hydroxylation is 1. The molecule has 0 aliphatic carbocycles. The van der Waals surface area contributed by atoms with Gasteiger partial charge in [-0.2, -0.15) is 0 Å². The van der Waals surface area contributed by atoms with Crippen molar-refractivity contribution in [2.75, 3.05) is 12.3 Å². The Balaban J connectivity index is 1.65. The summed E-state index contributed by atoms with van der Waals surface area (Å²) >= 11 is 0. The maximum absolute atomic E-state index is 5.75.